The van der Waals surface area contributed by atoms with Crippen molar-refractivity contribution in [2.45, 2.75) is 65.3 Å². The smallest absolute Gasteiger partial charge is 0.338 e. The number of benzene rings is 2. The molecule has 0 saturated heterocycles. The van der Waals surface area contributed by atoms with Crippen LogP contribution in [0, 0.1) is 0 Å². The Hall–Kier alpha value is -4.28. The molecule has 0 fully saturated rings. The Balaban J connectivity index is 1.43. The summed E-state index contributed by atoms with van der Waals surface area (Å²) >= 11 is 1.30. The van der Waals surface area contributed by atoms with Crippen LogP contribution in [0.5, 0.6) is 0 Å². The van der Waals surface area contributed by atoms with Gasteiger partial charge in [0.15, 0.2) is 5.13 Å². The Morgan fingerprint density at radius 3 is 2.26 bits per heavy atom. The van der Waals surface area contributed by atoms with E-state index < -0.39 is 29.4 Å². The Morgan fingerprint density at radius 1 is 0.930 bits per heavy atom. The van der Waals surface area contributed by atoms with E-state index in [1.165, 1.54) is 11.3 Å². The highest BCUT2D eigenvalue weighted by molar-refractivity contribution is 7.14. The van der Waals surface area contributed by atoms with Crippen LogP contribution in [-0.4, -0.2) is 45.6 Å². The number of amides is 2. The predicted octanol–water partition coefficient (Wildman–Crippen LogP) is 6.28. The molecule has 226 valence electrons. The second kappa shape index (κ2) is 13.4. The van der Waals surface area contributed by atoms with Crippen molar-refractivity contribution in [1.82, 2.24) is 14.9 Å². The fourth-order valence-electron chi connectivity index (χ4n) is 4.01. The van der Waals surface area contributed by atoms with E-state index in [-0.39, 0.29) is 18.8 Å². The average Bonchev–Trinajstić information content (AvgIpc) is 3.63. The van der Waals surface area contributed by atoms with Gasteiger partial charge >= 0.3 is 5.97 Å². The number of anilines is 1. The number of carbonyl (C=O) groups is 3. The predicted molar refractivity (Wildman–Crippen MR) is 168 cm³/mol. The number of nitrogens with zero attached hydrogens (tertiary/aromatic N) is 2. The van der Waals surface area contributed by atoms with Gasteiger partial charge in [-0.15, -0.1) is 11.3 Å². The largest absolute Gasteiger partial charge is 0.456 e. The SMILES string of the molecule is CC(C)(C)OC(=O)c1ccc(COC[C@H](NC(=O)c2ccn(C(C)(C)C)c2)C(=O)Nc2nc(-c3ccccc3)cs2)cc1. The van der Waals surface area contributed by atoms with Gasteiger partial charge in [0, 0.05) is 28.9 Å². The number of ether oxygens (including phenoxy) is 2. The molecule has 43 heavy (non-hydrogen) atoms. The van der Waals surface area contributed by atoms with Crippen molar-refractivity contribution in [1.29, 1.82) is 0 Å². The van der Waals surface area contributed by atoms with E-state index in [4.69, 9.17) is 9.47 Å². The maximum atomic E-state index is 13.4. The molecule has 2 aromatic heterocycles. The first-order valence-electron chi connectivity index (χ1n) is 14.0. The summed E-state index contributed by atoms with van der Waals surface area (Å²) in [5.41, 5.74) is 2.57. The summed E-state index contributed by atoms with van der Waals surface area (Å²) in [5, 5.41) is 7.92. The Labute approximate surface area is 256 Å². The van der Waals surface area contributed by atoms with E-state index in [0.29, 0.717) is 16.3 Å². The highest BCUT2D eigenvalue weighted by atomic mass is 32.1. The summed E-state index contributed by atoms with van der Waals surface area (Å²) < 4.78 is 13.2. The molecule has 0 saturated carbocycles. The first kappa shape index (κ1) is 31.7. The molecule has 4 aromatic rings. The molecule has 10 heteroatoms. The molecule has 0 spiro atoms. The molecule has 4 rings (SSSR count). The van der Waals surface area contributed by atoms with Gasteiger partial charge in [-0.1, -0.05) is 42.5 Å². The molecule has 0 aliphatic rings. The van der Waals surface area contributed by atoms with E-state index in [0.717, 1.165) is 16.8 Å². The topological polar surface area (TPSA) is 112 Å². The summed E-state index contributed by atoms with van der Waals surface area (Å²) in [6.45, 7) is 11.6. The van der Waals surface area contributed by atoms with Gasteiger partial charge in [0.2, 0.25) is 0 Å². The lowest BCUT2D eigenvalue weighted by molar-refractivity contribution is -0.119. The van der Waals surface area contributed by atoms with Gasteiger partial charge in [0.25, 0.3) is 11.8 Å². The van der Waals surface area contributed by atoms with Crippen LogP contribution in [0.15, 0.2) is 78.4 Å². The molecule has 2 N–H and O–H groups in total. The van der Waals surface area contributed by atoms with Gasteiger partial charge < -0.3 is 24.7 Å². The number of nitrogens with one attached hydrogen (secondary N) is 2. The maximum Gasteiger partial charge on any atom is 0.338 e. The first-order valence-corrected chi connectivity index (χ1v) is 14.9. The molecule has 2 aromatic carbocycles. The molecule has 9 nitrogen and oxygen atoms in total. The Kier molecular flexibility index (Phi) is 9.83. The van der Waals surface area contributed by atoms with Crippen LogP contribution in [0.2, 0.25) is 0 Å². The van der Waals surface area contributed by atoms with Gasteiger partial charge in [-0.25, -0.2) is 9.78 Å². The quantitative estimate of drug-likeness (QED) is 0.207. The van der Waals surface area contributed by atoms with E-state index >= 15 is 0 Å². The van der Waals surface area contributed by atoms with Gasteiger partial charge in [-0.2, -0.15) is 0 Å². The van der Waals surface area contributed by atoms with Crippen molar-refractivity contribution in [3.8, 4) is 11.3 Å². The number of esters is 1. The van der Waals surface area contributed by atoms with Gasteiger partial charge in [-0.05, 0) is 65.3 Å². The molecule has 2 amide bonds. The van der Waals surface area contributed by atoms with Gasteiger partial charge in [0.05, 0.1) is 30.0 Å². The lowest BCUT2D eigenvalue weighted by atomic mass is 10.1. The number of hydrogen-bond acceptors (Lipinski definition) is 7. The van der Waals surface area contributed by atoms with E-state index in [1.54, 1.807) is 36.5 Å². The van der Waals surface area contributed by atoms with Crippen LogP contribution >= 0.6 is 11.3 Å². The minimum atomic E-state index is -0.990. The number of rotatable bonds is 10. The highest BCUT2D eigenvalue weighted by Crippen LogP contribution is 2.25. The van der Waals surface area contributed by atoms with E-state index in [1.807, 2.05) is 88.0 Å². The van der Waals surface area contributed by atoms with Crippen molar-refractivity contribution in [3.05, 3.63) is 95.1 Å². The second-order valence-corrected chi connectivity index (χ2v) is 13.0. The summed E-state index contributed by atoms with van der Waals surface area (Å²) in [7, 11) is 0. The third-order valence-electron chi connectivity index (χ3n) is 6.30. The van der Waals surface area contributed by atoms with Crippen molar-refractivity contribution < 1.29 is 23.9 Å². The van der Waals surface area contributed by atoms with Crippen LogP contribution in [-0.2, 0) is 26.4 Å². The first-order chi connectivity index (χ1) is 20.3. The Bertz CT molecular complexity index is 1550. The molecule has 0 aliphatic heterocycles. The molecule has 0 unspecified atom stereocenters. The van der Waals surface area contributed by atoms with Gasteiger partial charge in [-0.3, -0.25) is 9.59 Å². The fraction of sp³-hybridized carbons (Fsp3) is 0.333. The van der Waals surface area contributed by atoms with Crippen LogP contribution in [0.25, 0.3) is 11.3 Å². The third kappa shape index (κ3) is 9.10. The van der Waals surface area contributed by atoms with Crippen molar-refractivity contribution >= 4 is 34.3 Å². The highest BCUT2D eigenvalue weighted by Gasteiger charge is 2.25. The van der Waals surface area contributed by atoms with E-state index in [9.17, 15) is 14.4 Å². The van der Waals surface area contributed by atoms with E-state index in [2.05, 4.69) is 15.6 Å². The van der Waals surface area contributed by atoms with Crippen molar-refractivity contribution in [2.75, 3.05) is 11.9 Å². The molecule has 0 radical (unpaired) electrons. The van der Waals surface area contributed by atoms with Crippen molar-refractivity contribution in [2.24, 2.45) is 0 Å². The molecule has 1 atom stereocenters. The summed E-state index contributed by atoms with van der Waals surface area (Å²) in [6.07, 6.45) is 3.59. The average molecular weight is 603 g/mol. The van der Waals surface area contributed by atoms with Crippen LogP contribution < -0.4 is 10.6 Å². The monoisotopic (exact) mass is 602 g/mol. The minimum Gasteiger partial charge on any atom is -0.456 e. The van der Waals surface area contributed by atoms with Crippen LogP contribution in [0.3, 0.4) is 0 Å². The zero-order valence-electron chi connectivity index (χ0n) is 25.3. The molecular weight excluding hydrogens is 564 g/mol. The fourth-order valence-corrected chi connectivity index (χ4v) is 4.73. The van der Waals surface area contributed by atoms with Crippen LogP contribution in [0.4, 0.5) is 5.13 Å². The zero-order valence-corrected chi connectivity index (χ0v) is 26.2. The number of carbonyl (C=O) groups excluding carboxylic acids is 3. The second-order valence-electron chi connectivity index (χ2n) is 12.1. The minimum absolute atomic E-state index is 0.0811. The zero-order chi connectivity index (χ0) is 31.2. The number of hydrogen-bond donors (Lipinski definition) is 2. The van der Waals surface area contributed by atoms with Gasteiger partial charge in [0.1, 0.15) is 11.6 Å². The standard InChI is InChI=1S/C33H38N4O5S/c1-32(2,3)37-17-16-25(18-37)28(38)34-26(29(39)36-31-35-27(21-43-31)23-10-8-7-9-11-23)20-41-19-22-12-14-24(15-13-22)30(40)42-33(4,5)6/h7-18,21,26H,19-20H2,1-6H3,(H,34,38)(H,35,36,39)/t26-/m0/s1. The molecule has 2 heterocycles. The lowest BCUT2D eigenvalue weighted by Crippen LogP contribution is -2.46. The Morgan fingerprint density at radius 2 is 1.63 bits per heavy atom. The summed E-state index contributed by atoms with van der Waals surface area (Å²) in [4.78, 5) is 43.4. The van der Waals surface area contributed by atoms with Crippen molar-refractivity contribution in [3.63, 3.8) is 0 Å². The number of aromatic nitrogens is 2. The molecular formula is C33H38N4O5S. The number of thiazole rings is 1. The van der Waals surface area contributed by atoms with Crippen LogP contribution in [0.1, 0.15) is 67.8 Å². The third-order valence-corrected chi connectivity index (χ3v) is 7.05. The normalized spacial score (nSPS) is 12.4. The molecule has 0 aliphatic carbocycles. The molecule has 0 bridgehead atoms. The lowest BCUT2D eigenvalue weighted by Gasteiger charge is -2.21. The summed E-state index contributed by atoms with van der Waals surface area (Å²) in [5.74, 6) is -1.24. The summed E-state index contributed by atoms with van der Waals surface area (Å²) in [6, 6.07) is 17.3. The maximum absolute atomic E-state index is 13.4.